The van der Waals surface area contributed by atoms with Crippen molar-refractivity contribution in [3.05, 3.63) is 111 Å². The number of para-hydroxylation sites is 2. The highest BCUT2D eigenvalue weighted by Gasteiger charge is 2.34. The van der Waals surface area contributed by atoms with Crippen molar-refractivity contribution in [1.29, 1.82) is 0 Å². The number of hydrogen-bond donors (Lipinski definition) is 1. The van der Waals surface area contributed by atoms with Crippen molar-refractivity contribution >= 4 is 16.6 Å². The van der Waals surface area contributed by atoms with Crippen molar-refractivity contribution in [3.63, 3.8) is 0 Å². The van der Waals surface area contributed by atoms with Crippen LogP contribution in [-0.4, -0.2) is 20.8 Å². The van der Waals surface area contributed by atoms with Gasteiger partial charge in [0.05, 0.1) is 46.8 Å². The van der Waals surface area contributed by atoms with Gasteiger partial charge in [0.25, 0.3) is 5.56 Å². The van der Waals surface area contributed by atoms with Crippen LogP contribution >= 0.6 is 0 Å². The summed E-state index contributed by atoms with van der Waals surface area (Å²) in [6.07, 6.45) is 0. The smallest absolute Gasteiger partial charge is 0.331 e. The van der Waals surface area contributed by atoms with Crippen LogP contribution in [0, 0.1) is 0 Å². The molecule has 1 aliphatic rings. The van der Waals surface area contributed by atoms with Gasteiger partial charge in [-0.25, -0.2) is 4.79 Å². The summed E-state index contributed by atoms with van der Waals surface area (Å²) in [6, 6.07) is 25.5. The molecule has 7 heteroatoms. The summed E-state index contributed by atoms with van der Waals surface area (Å²) in [7, 11) is 4.90. The zero-order valence-electron chi connectivity index (χ0n) is 19.6. The summed E-state index contributed by atoms with van der Waals surface area (Å²) in [5.41, 5.74) is 5.35. The lowest BCUT2D eigenvalue weighted by Crippen LogP contribution is -2.37. The lowest BCUT2D eigenvalue weighted by Gasteiger charge is -2.31. The number of nitrogens with zero attached hydrogens (tertiary/aromatic N) is 3. The first-order valence-electron chi connectivity index (χ1n) is 11.4. The number of rotatable bonds is 3. The third kappa shape index (κ3) is 2.98. The Balaban J connectivity index is 1.83. The fourth-order valence-electron chi connectivity index (χ4n) is 5.13. The molecule has 0 saturated carbocycles. The van der Waals surface area contributed by atoms with Crippen molar-refractivity contribution in [2.24, 2.45) is 14.1 Å². The Morgan fingerprint density at radius 3 is 2.23 bits per heavy atom. The number of aromatic nitrogens is 3. The van der Waals surface area contributed by atoms with Crippen molar-refractivity contribution in [2.75, 3.05) is 12.4 Å². The van der Waals surface area contributed by atoms with E-state index in [0.29, 0.717) is 10.9 Å². The van der Waals surface area contributed by atoms with E-state index in [1.54, 1.807) is 18.7 Å². The largest absolute Gasteiger partial charge is 0.497 e. The zero-order chi connectivity index (χ0) is 24.3. The summed E-state index contributed by atoms with van der Waals surface area (Å²) in [6.45, 7) is 0. The van der Waals surface area contributed by atoms with E-state index in [-0.39, 0.29) is 17.3 Å². The molecular formula is C28H24N4O3. The topological polar surface area (TPSA) is 70.2 Å². The van der Waals surface area contributed by atoms with Crippen molar-refractivity contribution < 1.29 is 4.74 Å². The molecule has 7 nitrogen and oxygen atoms in total. The standard InChI is InChI=1S/C28H24N4O3/c1-30-25-22(27(33)31(2)28(30)34)24(18-9-5-4-6-10-18)32-21-12-8-7-11-20(21)29-23(26(25)32)17-13-15-19(35-3)16-14-17/h4-16,23,29H,1-3H3/t23-/m1/s1. The molecule has 2 aromatic heterocycles. The minimum Gasteiger partial charge on any atom is -0.497 e. The molecule has 0 saturated heterocycles. The Labute approximate surface area is 201 Å². The van der Waals surface area contributed by atoms with Gasteiger partial charge in [0, 0.05) is 14.1 Å². The zero-order valence-corrected chi connectivity index (χ0v) is 19.6. The van der Waals surface area contributed by atoms with E-state index in [2.05, 4.69) is 9.88 Å². The summed E-state index contributed by atoms with van der Waals surface area (Å²) >= 11 is 0. The van der Waals surface area contributed by atoms with Crippen LogP contribution in [0.2, 0.25) is 0 Å². The van der Waals surface area contributed by atoms with Crippen molar-refractivity contribution in [3.8, 4) is 22.7 Å². The van der Waals surface area contributed by atoms with Gasteiger partial charge in [-0.2, -0.15) is 0 Å². The Bertz CT molecular complexity index is 1710. The van der Waals surface area contributed by atoms with Gasteiger partial charge in [-0.3, -0.25) is 13.9 Å². The average molecular weight is 465 g/mol. The van der Waals surface area contributed by atoms with Gasteiger partial charge in [0.15, 0.2) is 0 Å². The Morgan fingerprint density at radius 1 is 0.829 bits per heavy atom. The molecular weight excluding hydrogens is 440 g/mol. The SMILES string of the molecule is COc1ccc([C@H]2Nc3ccccc3-n3c(-c4ccccc4)c4c(=O)n(C)c(=O)n(C)c4c32)cc1. The van der Waals surface area contributed by atoms with Crippen LogP contribution in [0.15, 0.2) is 88.5 Å². The number of fused-ring (bicyclic) bond motifs is 5. The molecule has 0 fully saturated rings. The first-order valence-corrected chi connectivity index (χ1v) is 11.4. The monoisotopic (exact) mass is 464 g/mol. The third-order valence-electron chi connectivity index (χ3n) is 6.82. The van der Waals surface area contributed by atoms with E-state index in [1.165, 1.54) is 11.6 Å². The quantitative estimate of drug-likeness (QED) is 0.434. The second-order valence-corrected chi connectivity index (χ2v) is 8.73. The molecule has 0 spiro atoms. The van der Waals surface area contributed by atoms with E-state index >= 15 is 0 Å². The molecule has 1 aliphatic heterocycles. The minimum absolute atomic E-state index is 0.298. The highest BCUT2D eigenvalue weighted by atomic mass is 16.5. The van der Waals surface area contributed by atoms with Crippen LogP contribution < -0.4 is 21.3 Å². The molecule has 35 heavy (non-hydrogen) atoms. The highest BCUT2D eigenvalue weighted by Crippen LogP contribution is 2.45. The molecule has 0 aliphatic carbocycles. The van der Waals surface area contributed by atoms with E-state index in [4.69, 9.17) is 4.74 Å². The van der Waals surface area contributed by atoms with Crippen LogP contribution in [0.3, 0.4) is 0 Å². The van der Waals surface area contributed by atoms with Crippen LogP contribution in [0.4, 0.5) is 5.69 Å². The predicted octanol–water partition coefficient (Wildman–Crippen LogP) is 4.22. The highest BCUT2D eigenvalue weighted by molar-refractivity contribution is 5.99. The summed E-state index contributed by atoms with van der Waals surface area (Å²) < 4.78 is 10.3. The summed E-state index contributed by atoms with van der Waals surface area (Å²) in [5, 5.41) is 4.18. The molecule has 3 aromatic carbocycles. The Kier molecular flexibility index (Phi) is 4.67. The number of anilines is 1. The molecule has 174 valence electrons. The lowest BCUT2D eigenvalue weighted by atomic mass is 9.99. The van der Waals surface area contributed by atoms with E-state index in [0.717, 1.165) is 39.6 Å². The number of hydrogen-bond acceptors (Lipinski definition) is 4. The van der Waals surface area contributed by atoms with Crippen LogP contribution in [0.5, 0.6) is 5.75 Å². The van der Waals surface area contributed by atoms with Gasteiger partial charge < -0.3 is 14.6 Å². The molecule has 3 heterocycles. The first-order chi connectivity index (χ1) is 17.0. The number of nitrogens with one attached hydrogen (secondary N) is 1. The Morgan fingerprint density at radius 2 is 1.51 bits per heavy atom. The van der Waals surface area contributed by atoms with Gasteiger partial charge in [-0.15, -0.1) is 0 Å². The van der Waals surface area contributed by atoms with Gasteiger partial charge in [-0.1, -0.05) is 54.6 Å². The molecule has 0 unspecified atom stereocenters. The van der Waals surface area contributed by atoms with E-state index < -0.39 is 0 Å². The maximum atomic E-state index is 13.7. The first kappa shape index (κ1) is 21.0. The number of benzene rings is 3. The van der Waals surface area contributed by atoms with Gasteiger partial charge in [0.2, 0.25) is 0 Å². The van der Waals surface area contributed by atoms with Crippen molar-refractivity contribution in [1.82, 2.24) is 13.7 Å². The van der Waals surface area contributed by atoms with Gasteiger partial charge in [0.1, 0.15) is 5.75 Å². The molecule has 1 N–H and O–H groups in total. The molecule has 0 bridgehead atoms. The van der Waals surface area contributed by atoms with Crippen LogP contribution in [0.25, 0.3) is 27.8 Å². The minimum atomic E-state index is -0.358. The average Bonchev–Trinajstić information content (AvgIpc) is 3.27. The Hall–Kier alpha value is -4.52. The second-order valence-electron chi connectivity index (χ2n) is 8.73. The van der Waals surface area contributed by atoms with Gasteiger partial charge >= 0.3 is 5.69 Å². The number of methoxy groups -OCH3 is 1. The lowest BCUT2D eigenvalue weighted by molar-refractivity contribution is 0.414. The summed E-state index contributed by atoms with van der Waals surface area (Å²) in [5.74, 6) is 0.761. The van der Waals surface area contributed by atoms with Crippen LogP contribution in [-0.2, 0) is 14.1 Å². The molecule has 1 atom stereocenters. The molecule has 0 radical (unpaired) electrons. The van der Waals surface area contributed by atoms with E-state index in [1.807, 2.05) is 78.9 Å². The second kappa shape index (κ2) is 7.77. The predicted molar refractivity (Wildman–Crippen MR) is 138 cm³/mol. The van der Waals surface area contributed by atoms with Gasteiger partial charge in [-0.05, 0) is 35.4 Å². The normalized spacial score (nSPS) is 14.3. The molecule has 6 rings (SSSR count). The summed E-state index contributed by atoms with van der Waals surface area (Å²) in [4.78, 5) is 26.7. The fourth-order valence-corrected chi connectivity index (χ4v) is 5.13. The van der Waals surface area contributed by atoms with Crippen LogP contribution in [0.1, 0.15) is 17.3 Å². The number of aryl methyl sites for hydroxylation is 1. The maximum absolute atomic E-state index is 13.7. The van der Waals surface area contributed by atoms with Crippen molar-refractivity contribution in [2.45, 2.75) is 6.04 Å². The fraction of sp³-hybridized carbons (Fsp3) is 0.143. The van der Waals surface area contributed by atoms with E-state index in [9.17, 15) is 9.59 Å². The molecule has 5 aromatic rings. The number of ether oxygens (including phenoxy) is 1. The maximum Gasteiger partial charge on any atom is 0.331 e. The molecule has 0 amide bonds. The third-order valence-corrected chi connectivity index (χ3v) is 6.82.